The van der Waals surface area contributed by atoms with Crippen molar-refractivity contribution in [2.24, 2.45) is 10.9 Å². The number of nitrogens with zero attached hydrogens (tertiary/aromatic N) is 1. The van der Waals surface area contributed by atoms with Gasteiger partial charge in [-0.1, -0.05) is 63.4 Å². The molecule has 5 heteroatoms. The maximum atomic E-state index is 12.1. The van der Waals surface area contributed by atoms with Crippen LogP contribution in [0.1, 0.15) is 84.0 Å². The van der Waals surface area contributed by atoms with Crippen molar-refractivity contribution in [3.8, 4) is 0 Å². The maximum absolute atomic E-state index is 12.1. The highest BCUT2D eigenvalue weighted by Crippen LogP contribution is 2.30. The molecule has 1 aliphatic carbocycles. The standard InChI is InChI=1S/C16H31N3O2/c1-2-3-4-5-6-7-8-11-14(20)18-16(15(17)19-21)12-9-10-13-16/h21H,2-13H2,1H3,(H2,17,19)(H,18,20). The van der Waals surface area contributed by atoms with Crippen molar-refractivity contribution >= 4 is 11.7 Å². The van der Waals surface area contributed by atoms with E-state index in [0.29, 0.717) is 6.42 Å². The van der Waals surface area contributed by atoms with Crippen molar-refractivity contribution in [3.63, 3.8) is 0 Å². The Morgan fingerprint density at radius 2 is 1.71 bits per heavy atom. The van der Waals surface area contributed by atoms with E-state index in [1.807, 2.05) is 0 Å². The number of hydrogen-bond donors (Lipinski definition) is 3. The highest BCUT2D eigenvalue weighted by atomic mass is 16.4. The van der Waals surface area contributed by atoms with Crippen molar-refractivity contribution in [1.29, 1.82) is 0 Å². The molecular weight excluding hydrogens is 266 g/mol. The van der Waals surface area contributed by atoms with E-state index < -0.39 is 5.54 Å². The topological polar surface area (TPSA) is 87.7 Å². The third-order valence-electron chi connectivity index (χ3n) is 4.44. The first-order valence-electron chi connectivity index (χ1n) is 8.43. The number of rotatable bonds is 10. The summed E-state index contributed by atoms with van der Waals surface area (Å²) in [5, 5.41) is 15.0. The van der Waals surface area contributed by atoms with Gasteiger partial charge in [0.25, 0.3) is 0 Å². The first kappa shape index (κ1) is 17.8. The number of oxime groups is 1. The molecule has 0 radical (unpaired) electrons. The van der Waals surface area contributed by atoms with Crippen LogP contribution in [0.4, 0.5) is 0 Å². The van der Waals surface area contributed by atoms with Gasteiger partial charge in [0, 0.05) is 6.42 Å². The van der Waals surface area contributed by atoms with Gasteiger partial charge in [0.2, 0.25) is 5.91 Å². The highest BCUT2D eigenvalue weighted by Gasteiger charge is 2.39. The average Bonchev–Trinajstić information content (AvgIpc) is 2.95. The van der Waals surface area contributed by atoms with Gasteiger partial charge < -0.3 is 16.3 Å². The zero-order valence-electron chi connectivity index (χ0n) is 13.4. The molecule has 0 unspecified atom stereocenters. The van der Waals surface area contributed by atoms with Crippen molar-refractivity contribution in [2.75, 3.05) is 0 Å². The van der Waals surface area contributed by atoms with Crippen molar-refractivity contribution < 1.29 is 10.0 Å². The van der Waals surface area contributed by atoms with Crippen molar-refractivity contribution in [3.05, 3.63) is 0 Å². The SMILES string of the molecule is CCCCCCCCCC(=O)NC1(C(N)=NO)CCCC1. The lowest BCUT2D eigenvalue weighted by Crippen LogP contribution is -2.55. The zero-order chi connectivity index (χ0) is 15.6. The zero-order valence-corrected chi connectivity index (χ0v) is 13.4. The van der Waals surface area contributed by atoms with Crippen LogP contribution in [0, 0.1) is 0 Å². The van der Waals surface area contributed by atoms with Crippen molar-refractivity contribution in [2.45, 2.75) is 89.5 Å². The molecule has 21 heavy (non-hydrogen) atoms. The monoisotopic (exact) mass is 297 g/mol. The third-order valence-corrected chi connectivity index (χ3v) is 4.44. The first-order chi connectivity index (χ1) is 10.1. The van der Waals surface area contributed by atoms with E-state index >= 15 is 0 Å². The van der Waals surface area contributed by atoms with E-state index in [4.69, 9.17) is 10.9 Å². The lowest BCUT2D eigenvalue weighted by Gasteiger charge is -2.28. The second-order valence-corrected chi connectivity index (χ2v) is 6.19. The summed E-state index contributed by atoms with van der Waals surface area (Å²) in [6.07, 6.45) is 12.5. The van der Waals surface area contributed by atoms with Gasteiger partial charge in [0.1, 0.15) is 5.54 Å². The van der Waals surface area contributed by atoms with Gasteiger partial charge in [-0.15, -0.1) is 0 Å². The summed E-state index contributed by atoms with van der Waals surface area (Å²) < 4.78 is 0. The molecule has 1 amide bonds. The molecule has 122 valence electrons. The van der Waals surface area contributed by atoms with Gasteiger partial charge in [-0.2, -0.15) is 0 Å². The van der Waals surface area contributed by atoms with Crippen LogP contribution in [0.25, 0.3) is 0 Å². The molecule has 1 rings (SSSR count). The molecule has 1 fully saturated rings. The fourth-order valence-electron chi connectivity index (χ4n) is 3.09. The van der Waals surface area contributed by atoms with Crippen LogP contribution in [0.2, 0.25) is 0 Å². The van der Waals surface area contributed by atoms with Crippen molar-refractivity contribution in [1.82, 2.24) is 5.32 Å². The number of amidine groups is 1. The lowest BCUT2D eigenvalue weighted by atomic mass is 9.95. The van der Waals surface area contributed by atoms with Gasteiger partial charge in [0.15, 0.2) is 5.84 Å². The molecule has 0 saturated heterocycles. The summed E-state index contributed by atoms with van der Waals surface area (Å²) in [5.74, 6) is 0.171. The molecule has 0 spiro atoms. The predicted molar refractivity (Wildman–Crippen MR) is 85.4 cm³/mol. The summed E-state index contributed by atoms with van der Waals surface area (Å²) in [6.45, 7) is 2.21. The molecule has 1 saturated carbocycles. The molecule has 0 aromatic carbocycles. The van der Waals surface area contributed by atoms with Gasteiger partial charge in [-0.3, -0.25) is 4.79 Å². The number of carbonyl (C=O) groups is 1. The quantitative estimate of drug-likeness (QED) is 0.190. The Hall–Kier alpha value is -1.26. The number of nitrogens with one attached hydrogen (secondary N) is 1. The predicted octanol–water partition coefficient (Wildman–Crippen LogP) is 3.30. The largest absolute Gasteiger partial charge is 0.409 e. The van der Waals surface area contributed by atoms with E-state index in [9.17, 15) is 4.79 Å². The molecule has 0 atom stereocenters. The summed E-state index contributed by atoms with van der Waals surface area (Å²) in [7, 11) is 0. The molecule has 1 aliphatic rings. The van der Waals surface area contributed by atoms with Crippen LogP contribution in [0.5, 0.6) is 0 Å². The summed E-state index contributed by atoms with van der Waals surface area (Å²) in [4.78, 5) is 12.1. The highest BCUT2D eigenvalue weighted by molar-refractivity contribution is 5.94. The summed E-state index contributed by atoms with van der Waals surface area (Å²) >= 11 is 0. The van der Waals surface area contributed by atoms with Crippen LogP contribution in [-0.4, -0.2) is 22.5 Å². The minimum Gasteiger partial charge on any atom is -0.409 e. The molecule has 0 aromatic heterocycles. The Balaban J connectivity index is 2.23. The average molecular weight is 297 g/mol. The van der Waals surface area contributed by atoms with Gasteiger partial charge in [-0.25, -0.2) is 0 Å². The van der Waals surface area contributed by atoms with Crippen LogP contribution in [-0.2, 0) is 4.79 Å². The first-order valence-corrected chi connectivity index (χ1v) is 8.43. The number of unbranched alkanes of at least 4 members (excludes halogenated alkanes) is 6. The molecule has 0 bridgehead atoms. The van der Waals surface area contributed by atoms with E-state index in [2.05, 4.69) is 17.4 Å². The van der Waals surface area contributed by atoms with E-state index in [1.54, 1.807) is 0 Å². The van der Waals surface area contributed by atoms with E-state index in [0.717, 1.165) is 38.5 Å². The number of hydrogen-bond acceptors (Lipinski definition) is 3. The second kappa shape index (κ2) is 9.64. The van der Waals surface area contributed by atoms with Gasteiger partial charge in [0.05, 0.1) is 0 Å². The summed E-state index contributed by atoms with van der Waals surface area (Å²) in [5.41, 5.74) is 5.17. The minimum absolute atomic E-state index is 0.0251. The second-order valence-electron chi connectivity index (χ2n) is 6.19. The smallest absolute Gasteiger partial charge is 0.220 e. The molecule has 0 aromatic rings. The fourth-order valence-corrected chi connectivity index (χ4v) is 3.09. The Bertz CT molecular complexity index is 336. The van der Waals surface area contributed by atoms with E-state index in [-0.39, 0.29) is 11.7 Å². The Morgan fingerprint density at radius 1 is 1.14 bits per heavy atom. The van der Waals surface area contributed by atoms with Crippen LogP contribution in [0.15, 0.2) is 5.16 Å². The van der Waals surface area contributed by atoms with Crippen LogP contribution >= 0.6 is 0 Å². The Kier molecular flexibility index (Phi) is 8.16. The number of amides is 1. The van der Waals surface area contributed by atoms with E-state index in [1.165, 1.54) is 32.1 Å². The fraction of sp³-hybridized carbons (Fsp3) is 0.875. The molecule has 0 aliphatic heterocycles. The number of nitrogens with two attached hydrogens (primary N) is 1. The molecule has 5 nitrogen and oxygen atoms in total. The minimum atomic E-state index is -0.604. The van der Waals surface area contributed by atoms with Gasteiger partial charge >= 0.3 is 0 Å². The molecular formula is C16H31N3O2. The molecule has 0 heterocycles. The maximum Gasteiger partial charge on any atom is 0.220 e. The molecule has 4 N–H and O–H groups in total. The third kappa shape index (κ3) is 5.94. The number of carbonyl (C=O) groups excluding carboxylic acids is 1. The van der Waals surface area contributed by atoms with Crippen LogP contribution < -0.4 is 11.1 Å². The van der Waals surface area contributed by atoms with Gasteiger partial charge in [-0.05, 0) is 19.3 Å². The Morgan fingerprint density at radius 3 is 2.29 bits per heavy atom. The normalized spacial score (nSPS) is 17.9. The summed E-state index contributed by atoms with van der Waals surface area (Å²) in [6, 6.07) is 0. The lowest BCUT2D eigenvalue weighted by molar-refractivity contribution is -0.122. The Labute approximate surface area is 128 Å². The van der Waals surface area contributed by atoms with Crippen LogP contribution in [0.3, 0.4) is 0 Å².